The number of amidine groups is 1. The van der Waals surface area contributed by atoms with Gasteiger partial charge in [-0.1, -0.05) is 30.3 Å². The fraction of sp³-hybridized carbons (Fsp3) is 0.417. The molecule has 2 N–H and O–H groups in total. The first-order valence-corrected chi connectivity index (χ1v) is 10.9. The number of carbonyl (C=O) groups excluding carboxylic acids is 1. The number of nitrogens with one attached hydrogen (secondary N) is 2. The molecular formula is C24H33N7OS. The number of benzene rings is 1. The van der Waals surface area contributed by atoms with Crippen LogP contribution in [0.15, 0.2) is 58.7 Å². The minimum Gasteiger partial charge on any atom is -0.330 e. The second-order valence-electron chi connectivity index (χ2n) is 9.06. The largest absolute Gasteiger partial charge is 0.330 e. The van der Waals surface area contributed by atoms with Gasteiger partial charge in [0.05, 0.1) is 24.7 Å². The number of hydrogen-bond acceptors (Lipinski definition) is 6. The van der Waals surface area contributed by atoms with E-state index in [4.69, 9.17) is 0 Å². The van der Waals surface area contributed by atoms with Gasteiger partial charge in [-0.05, 0) is 52.1 Å². The molecule has 0 spiro atoms. The Morgan fingerprint density at radius 1 is 1.21 bits per heavy atom. The second-order valence-corrected chi connectivity index (χ2v) is 9.06. The zero-order chi connectivity index (χ0) is 22.9. The summed E-state index contributed by atoms with van der Waals surface area (Å²) in [7, 11) is 4.03. The molecule has 1 aromatic carbocycles. The van der Waals surface area contributed by atoms with Crippen molar-refractivity contribution in [1.29, 1.82) is 0 Å². The van der Waals surface area contributed by atoms with Crippen LogP contribution in [-0.2, 0) is 0 Å². The maximum Gasteiger partial charge on any atom is 0.318 e. The summed E-state index contributed by atoms with van der Waals surface area (Å²) in [4.78, 5) is 30.7. The fourth-order valence-electron chi connectivity index (χ4n) is 4.34. The molecule has 0 unspecified atom stereocenters. The van der Waals surface area contributed by atoms with Gasteiger partial charge in [0.25, 0.3) is 0 Å². The first kappa shape index (κ1) is 24.7. The second kappa shape index (κ2) is 9.93. The Morgan fingerprint density at radius 3 is 2.61 bits per heavy atom. The van der Waals surface area contributed by atoms with Crippen molar-refractivity contribution in [1.82, 2.24) is 25.1 Å². The summed E-state index contributed by atoms with van der Waals surface area (Å²) >= 11 is 0. The van der Waals surface area contributed by atoms with Gasteiger partial charge in [0.15, 0.2) is 0 Å². The summed E-state index contributed by atoms with van der Waals surface area (Å²) in [5.74, 6) is 2.19. The van der Waals surface area contributed by atoms with Gasteiger partial charge in [0.2, 0.25) is 0 Å². The van der Waals surface area contributed by atoms with Gasteiger partial charge in [-0.15, -0.1) is 0 Å². The molecule has 0 bridgehead atoms. The van der Waals surface area contributed by atoms with Gasteiger partial charge >= 0.3 is 6.03 Å². The molecule has 4 rings (SSSR count). The van der Waals surface area contributed by atoms with Gasteiger partial charge < -0.3 is 20.4 Å². The lowest BCUT2D eigenvalue weighted by atomic mass is 9.94. The van der Waals surface area contributed by atoms with E-state index in [9.17, 15) is 4.79 Å². The van der Waals surface area contributed by atoms with Crippen LogP contribution in [0.2, 0.25) is 0 Å². The van der Waals surface area contributed by atoms with Crippen molar-refractivity contribution in [3.05, 3.63) is 65.1 Å². The Kier molecular flexibility index (Phi) is 7.44. The average Bonchev–Trinajstić information content (AvgIpc) is 3.26. The molecule has 3 heterocycles. The number of anilines is 1. The quantitative estimate of drug-likeness (QED) is 0.706. The molecule has 1 aromatic heterocycles. The molecule has 0 fully saturated rings. The molecule has 0 radical (unpaired) electrons. The SMILES string of the molecule is Cc1nccc(NC2=NCC3=C2CN(C(=O)N[C@H](CN(C)C)c2ccccc2)C3(C)C)n1.S. The number of aryl methyl sites for hydroxylation is 1. The van der Waals surface area contributed by atoms with Crippen molar-refractivity contribution >= 4 is 31.2 Å². The Bertz CT molecular complexity index is 1070. The summed E-state index contributed by atoms with van der Waals surface area (Å²) in [5, 5.41) is 6.58. The van der Waals surface area contributed by atoms with E-state index < -0.39 is 5.54 Å². The lowest BCUT2D eigenvalue weighted by molar-refractivity contribution is 0.165. The number of hydrogen-bond donors (Lipinski definition) is 2. The van der Waals surface area contributed by atoms with E-state index in [1.165, 1.54) is 5.57 Å². The maximum atomic E-state index is 13.5. The first-order valence-electron chi connectivity index (χ1n) is 10.9. The number of aromatic nitrogens is 2. The average molecular weight is 468 g/mol. The molecule has 0 saturated carbocycles. The summed E-state index contributed by atoms with van der Waals surface area (Å²) in [6.45, 7) is 7.84. The van der Waals surface area contributed by atoms with Gasteiger partial charge in [0.1, 0.15) is 17.5 Å². The van der Waals surface area contributed by atoms with Crippen molar-refractivity contribution in [2.45, 2.75) is 32.4 Å². The number of rotatable bonds is 5. The predicted molar refractivity (Wildman–Crippen MR) is 137 cm³/mol. The number of aliphatic imine (C=N–C) groups is 1. The van der Waals surface area contributed by atoms with Crippen LogP contribution < -0.4 is 10.6 Å². The van der Waals surface area contributed by atoms with E-state index in [1.54, 1.807) is 6.20 Å². The first-order chi connectivity index (χ1) is 15.3. The number of carbonyl (C=O) groups is 1. The highest BCUT2D eigenvalue weighted by Crippen LogP contribution is 2.38. The monoisotopic (exact) mass is 467 g/mol. The highest BCUT2D eigenvalue weighted by Gasteiger charge is 2.45. The summed E-state index contributed by atoms with van der Waals surface area (Å²) in [6.07, 6.45) is 1.72. The minimum atomic E-state index is -0.423. The Morgan fingerprint density at radius 2 is 1.94 bits per heavy atom. The molecular weight excluding hydrogens is 434 g/mol. The molecule has 2 aliphatic rings. The third kappa shape index (κ3) is 5.20. The Hall–Kier alpha value is -2.91. The molecule has 2 amide bonds. The molecule has 33 heavy (non-hydrogen) atoms. The molecule has 1 atom stereocenters. The number of amides is 2. The van der Waals surface area contributed by atoms with Gasteiger partial charge in [0, 0.05) is 18.3 Å². The van der Waals surface area contributed by atoms with Crippen molar-refractivity contribution in [2.75, 3.05) is 39.0 Å². The molecule has 0 aliphatic carbocycles. The van der Waals surface area contributed by atoms with Crippen LogP contribution in [0, 0.1) is 6.92 Å². The molecule has 2 aromatic rings. The molecule has 9 heteroatoms. The Balaban J connectivity index is 0.00000306. The maximum absolute atomic E-state index is 13.5. The zero-order valence-corrected chi connectivity index (χ0v) is 20.9. The van der Waals surface area contributed by atoms with Crippen LogP contribution >= 0.6 is 13.5 Å². The number of urea groups is 1. The third-order valence-corrected chi connectivity index (χ3v) is 6.09. The van der Waals surface area contributed by atoms with Crippen LogP contribution in [0.25, 0.3) is 0 Å². The van der Waals surface area contributed by atoms with E-state index in [0.717, 1.165) is 23.5 Å². The Labute approximate surface area is 202 Å². The van der Waals surface area contributed by atoms with Crippen molar-refractivity contribution in [3.8, 4) is 0 Å². The smallest absolute Gasteiger partial charge is 0.318 e. The molecule has 8 nitrogen and oxygen atoms in total. The molecule has 0 saturated heterocycles. The summed E-state index contributed by atoms with van der Waals surface area (Å²) in [6, 6.07) is 11.8. The van der Waals surface area contributed by atoms with Crippen molar-refractivity contribution in [2.24, 2.45) is 4.99 Å². The number of nitrogens with zero attached hydrogens (tertiary/aromatic N) is 5. The van der Waals surface area contributed by atoms with E-state index in [2.05, 4.69) is 56.5 Å². The number of likely N-dealkylation sites (N-methyl/N-ethyl adjacent to an activating group) is 1. The van der Waals surface area contributed by atoms with Crippen LogP contribution in [0.5, 0.6) is 0 Å². The van der Waals surface area contributed by atoms with E-state index in [0.29, 0.717) is 24.7 Å². The van der Waals surface area contributed by atoms with E-state index in [-0.39, 0.29) is 25.6 Å². The minimum absolute atomic E-state index is 0. The lowest BCUT2D eigenvalue weighted by Gasteiger charge is -2.36. The van der Waals surface area contributed by atoms with Crippen molar-refractivity contribution in [3.63, 3.8) is 0 Å². The normalized spacial score (nSPS) is 17.4. The van der Waals surface area contributed by atoms with Crippen LogP contribution in [0.1, 0.15) is 31.3 Å². The van der Waals surface area contributed by atoms with Crippen molar-refractivity contribution < 1.29 is 4.79 Å². The standard InChI is InChI=1S/C24H31N7O.H2S/c1-16-25-12-11-21(27-16)29-22-18-14-31(24(2,3)19(18)13-26-22)23(32)28-20(15-30(4)5)17-9-7-6-8-10-17;/h6-12,20H,13-15H2,1-5H3,(H,28,32)(H,25,26,27,29);1H2/t20-;/m1./s1. The predicted octanol–water partition coefficient (Wildman–Crippen LogP) is 3.13. The van der Waals surface area contributed by atoms with Gasteiger partial charge in [-0.2, -0.15) is 13.5 Å². The van der Waals surface area contributed by atoms with E-state index >= 15 is 0 Å². The highest BCUT2D eigenvalue weighted by atomic mass is 32.1. The fourth-order valence-corrected chi connectivity index (χ4v) is 4.34. The van der Waals surface area contributed by atoms with Gasteiger partial charge in [-0.3, -0.25) is 4.99 Å². The lowest BCUT2D eigenvalue weighted by Crippen LogP contribution is -2.52. The zero-order valence-electron chi connectivity index (χ0n) is 19.9. The topological polar surface area (TPSA) is 85.8 Å². The van der Waals surface area contributed by atoms with Gasteiger partial charge in [-0.25, -0.2) is 14.8 Å². The van der Waals surface area contributed by atoms with E-state index in [1.807, 2.05) is 50.2 Å². The van der Waals surface area contributed by atoms with Crippen LogP contribution in [0.4, 0.5) is 10.6 Å². The third-order valence-electron chi connectivity index (χ3n) is 6.09. The molecule has 176 valence electrons. The van der Waals surface area contributed by atoms with Crippen LogP contribution in [-0.4, -0.2) is 70.9 Å². The molecule has 2 aliphatic heterocycles. The summed E-state index contributed by atoms with van der Waals surface area (Å²) in [5.41, 5.74) is 2.91. The highest BCUT2D eigenvalue weighted by molar-refractivity contribution is 7.59. The summed E-state index contributed by atoms with van der Waals surface area (Å²) < 4.78 is 0. The van der Waals surface area contributed by atoms with Crippen LogP contribution in [0.3, 0.4) is 0 Å².